The van der Waals surface area contributed by atoms with Gasteiger partial charge in [-0.25, -0.2) is 0 Å². The molecule has 31 heavy (non-hydrogen) atoms. The van der Waals surface area contributed by atoms with Crippen LogP contribution in [-0.2, 0) is 0 Å². The van der Waals surface area contributed by atoms with Gasteiger partial charge < -0.3 is 10.5 Å². The minimum absolute atomic E-state index is 0.793. The second-order valence-corrected chi connectivity index (χ2v) is 9.49. The first kappa shape index (κ1) is 27.9. The molecule has 2 heteroatoms. The van der Waals surface area contributed by atoms with Gasteiger partial charge in [0.05, 0.1) is 6.61 Å². The minimum Gasteiger partial charge on any atom is -0.494 e. The van der Waals surface area contributed by atoms with Crippen LogP contribution in [0.25, 0.3) is 0 Å². The summed E-state index contributed by atoms with van der Waals surface area (Å²) in [7, 11) is 0. The van der Waals surface area contributed by atoms with Gasteiger partial charge in [-0.1, -0.05) is 135 Å². The van der Waals surface area contributed by atoms with E-state index in [1.54, 1.807) is 0 Å². The highest BCUT2D eigenvalue weighted by Crippen LogP contribution is 2.16. The van der Waals surface area contributed by atoms with E-state index in [9.17, 15) is 0 Å². The zero-order chi connectivity index (χ0) is 22.2. The summed E-state index contributed by atoms with van der Waals surface area (Å²) in [5.41, 5.74) is 6.48. The Morgan fingerprint density at radius 1 is 0.484 bits per heavy atom. The third kappa shape index (κ3) is 19.2. The van der Waals surface area contributed by atoms with Gasteiger partial charge in [0.1, 0.15) is 5.75 Å². The van der Waals surface area contributed by atoms with Crippen molar-refractivity contribution < 1.29 is 4.74 Å². The maximum Gasteiger partial charge on any atom is 0.119 e. The summed E-state index contributed by atoms with van der Waals surface area (Å²) in [5.74, 6) is 0.933. The first-order chi connectivity index (χ1) is 15.3. The smallest absolute Gasteiger partial charge is 0.119 e. The van der Waals surface area contributed by atoms with Crippen molar-refractivity contribution in [2.45, 2.75) is 142 Å². The highest BCUT2D eigenvalue weighted by Gasteiger charge is 1.97. The van der Waals surface area contributed by atoms with E-state index in [1.807, 2.05) is 24.3 Å². The number of rotatable bonds is 23. The van der Waals surface area contributed by atoms with Gasteiger partial charge >= 0.3 is 0 Å². The van der Waals surface area contributed by atoms with Crippen LogP contribution in [0.15, 0.2) is 24.3 Å². The summed E-state index contributed by atoms with van der Waals surface area (Å²) >= 11 is 0. The first-order valence-corrected chi connectivity index (χ1v) is 13.8. The maximum absolute atomic E-state index is 5.75. The molecule has 0 amide bonds. The second-order valence-electron chi connectivity index (χ2n) is 9.49. The molecule has 0 aliphatic rings. The molecular formula is C29H53NO. The number of benzene rings is 1. The van der Waals surface area contributed by atoms with Gasteiger partial charge in [0.15, 0.2) is 0 Å². The first-order valence-electron chi connectivity index (χ1n) is 13.8. The van der Waals surface area contributed by atoms with Crippen LogP contribution < -0.4 is 10.5 Å². The topological polar surface area (TPSA) is 35.2 Å². The van der Waals surface area contributed by atoms with Gasteiger partial charge in [0.2, 0.25) is 0 Å². The van der Waals surface area contributed by atoms with E-state index in [1.165, 1.54) is 128 Å². The van der Waals surface area contributed by atoms with E-state index in [4.69, 9.17) is 10.5 Å². The molecule has 0 aliphatic heterocycles. The molecule has 2 N–H and O–H groups in total. The minimum atomic E-state index is 0.793. The summed E-state index contributed by atoms with van der Waals surface area (Å²) in [4.78, 5) is 0. The normalized spacial score (nSPS) is 11.1. The summed E-state index contributed by atoms with van der Waals surface area (Å²) in [6, 6.07) is 7.69. The molecule has 0 unspecified atom stereocenters. The van der Waals surface area contributed by atoms with Gasteiger partial charge in [0.25, 0.3) is 0 Å². The summed E-state index contributed by atoms with van der Waals surface area (Å²) in [6.45, 7) is 3.12. The number of ether oxygens (including phenoxy) is 1. The molecular weight excluding hydrogens is 378 g/mol. The van der Waals surface area contributed by atoms with E-state index >= 15 is 0 Å². The standard InChI is InChI=1S/C29H53NO/c1-2-3-4-5-6-7-8-9-10-11-12-13-14-15-16-17-18-19-20-21-22-27-31-29-25-23-28(30)24-26-29/h23-26H,2-22,27,30H2,1H3. The fourth-order valence-corrected chi connectivity index (χ4v) is 4.29. The lowest BCUT2D eigenvalue weighted by Gasteiger charge is -2.06. The van der Waals surface area contributed by atoms with Crippen LogP contribution in [0.5, 0.6) is 5.75 Å². The number of hydrogen-bond acceptors (Lipinski definition) is 2. The third-order valence-electron chi connectivity index (χ3n) is 6.40. The molecule has 0 heterocycles. The quantitative estimate of drug-likeness (QED) is 0.138. The van der Waals surface area contributed by atoms with Crippen LogP contribution in [0.2, 0.25) is 0 Å². The molecule has 0 bridgehead atoms. The largest absolute Gasteiger partial charge is 0.494 e. The van der Waals surface area contributed by atoms with Crippen LogP contribution >= 0.6 is 0 Å². The van der Waals surface area contributed by atoms with Crippen molar-refractivity contribution >= 4 is 5.69 Å². The van der Waals surface area contributed by atoms with Crippen LogP contribution in [0.1, 0.15) is 142 Å². The van der Waals surface area contributed by atoms with Gasteiger partial charge in [-0.15, -0.1) is 0 Å². The van der Waals surface area contributed by atoms with Crippen molar-refractivity contribution in [1.29, 1.82) is 0 Å². The van der Waals surface area contributed by atoms with Gasteiger partial charge in [0, 0.05) is 5.69 Å². The van der Waals surface area contributed by atoms with Crippen molar-refractivity contribution in [3.05, 3.63) is 24.3 Å². The number of hydrogen-bond donors (Lipinski definition) is 1. The zero-order valence-electron chi connectivity index (χ0n) is 20.9. The predicted octanol–water partition coefficient (Wildman–Crippen LogP) is 9.86. The monoisotopic (exact) mass is 431 g/mol. The molecule has 0 spiro atoms. The fourth-order valence-electron chi connectivity index (χ4n) is 4.29. The van der Waals surface area contributed by atoms with Crippen LogP contribution in [0.3, 0.4) is 0 Å². The Labute approximate surface area is 194 Å². The third-order valence-corrected chi connectivity index (χ3v) is 6.40. The highest BCUT2D eigenvalue weighted by atomic mass is 16.5. The van der Waals surface area contributed by atoms with E-state index in [-0.39, 0.29) is 0 Å². The van der Waals surface area contributed by atoms with E-state index in [0.29, 0.717) is 0 Å². The van der Waals surface area contributed by atoms with Gasteiger partial charge in [-0.3, -0.25) is 0 Å². The molecule has 0 aromatic heterocycles. The fraction of sp³-hybridized carbons (Fsp3) is 0.793. The van der Waals surface area contributed by atoms with Gasteiger partial charge in [-0.05, 0) is 30.7 Å². The molecule has 1 aromatic carbocycles. The Morgan fingerprint density at radius 3 is 1.16 bits per heavy atom. The average molecular weight is 432 g/mol. The Morgan fingerprint density at radius 2 is 0.806 bits per heavy atom. The summed E-state index contributed by atoms with van der Waals surface area (Å²) < 4.78 is 5.75. The Hall–Kier alpha value is -1.18. The lowest BCUT2D eigenvalue weighted by atomic mass is 10.0. The molecule has 0 saturated heterocycles. The van der Waals surface area contributed by atoms with Crippen molar-refractivity contribution in [2.75, 3.05) is 12.3 Å². The van der Waals surface area contributed by atoms with Crippen LogP contribution in [0.4, 0.5) is 5.69 Å². The van der Waals surface area contributed by atoms with Gasteiger partial charge in [-0.2, -0.15) is 0 Å². The van der Waals surface area contributed by atoms with E-state index in [2.05, 4.69) is 6.92 Å². The number of nitrogen functional groups attached to an aromatic ring is 1. The molecule has 1 rings (SSSR count). The molecule has 0 aliphatic carbocycles. The lowest BCUT2D eigenvalue weighted by molar-refractivity contribution is 0.304. The zero-order valence-corrected chi connectivity index (χ0v) is 20.9. The maximum atomic E-state index is 5.75. The second kappa shape index (κ2) is 22.0. The highest BCUT2D eigenvalue weighted by molar-refractivity contribution is 5.41. The Bertz CT molecular complexity index is 470. The van der Waals surface area contributed by atoms with Crippen LogP contribution in [-0.4, -0.2) is 6.61 Å². The van der Waals surface area contributed by atoms with E-state index < -0.39 is 0 Å². The number of unbranched alkanes of at least 4 members (excludes halogenated alkanes) is 20. The molecule has 2 nitrogen and oxygen atoms in total. The van der Waals surface area contributed by atoms with Crippen molar-refractivity contribution in [1.82, 2.24) is 0 Å². The average Bonchev–Trinajstić information content (AvgIpc) is 2.78. The Kier molecular flexibility index (Phi) is 19.8. The number of nitrogens with two attached hydrogens (primary N) is 1. The molecule has 0 fully saturated rings. The Balaban J connectivity index is 1.68. The van der Waals surface area contributed by atoms with Crippen molar-refractivity contribution in [2.24, 2.45) is 0 Å². The van der Waals surface area contributed by atoms with Crippen molar-refractivity contribution in [3.63, 3.8) is 0 Å². The molecule has 0 atom stereocenters. The summed E-state index contributed by atoms with van der Waals surface area (Å²) in [6.07, 6.45) is 29.9. The number of anilines is 1. The predicted molar refractivity (Wildman–Crippen MR) is 139 cm³/mol. The molecule has 1 aromatic rings. The SMILES string of the molecule is CCCCCCCCCCCCCCCCCCCCCCCOc1ccc(N)cc1. The molecule has 0 radical (unpaired) electrons. The van der Waals surface area contributed by atoms with E-state index in [0.717, 1.165) is 24.5 Å². The van der Waals surface area contributed by atoms with Crippen molar-refractivity contribution in [3.8, 4) is 5.75 Å². The lowest BCUT2D eigenvalue weighted by Crippen LogP contribution is -1.97. The summed E-state index contributed by atoms with van der Waals surface area (Å²) in [5, 5.41) is 0. The molecule has 180 valence electrons. The van der Waals surface area contributed by atoms with Crippen LogP contribution in [0, 0.1) is 0 Å². The molecule has 0 saturated carbocycles.